The van der Waals surface area contributed by atoms with Crippen molar-refractivity contribution in [3.63, 3.8) is 0 Å². The molecule has 7 heteroatoms. The maximum Gasteiger partial charge on any atom is 0.228 e. The molecule has 3 aromatic rings. The highest BCUT2D eigenvalue weighted by atomic mass is 79.9. The van der Waals surface area contributed by atoms with Crippen LogP contribution in [0.25, 0.3) is 0 Å². The van der Waals surface area contributed by atoms with E-state index in [-0.39, 0.29) is 11.9 Å². The Morgan fingerprint density at radius 1 is 1.07 bits per heavy atom. The average Bonchev–Trinajstić information content (AvgIpc) is 2.71. The average molecular weight is 430 g/mol. The second kappa shape index (κ2) is 8.02. The van der Waals surface area contributed by atoms with Gasteiger partial charge in [0.15, 0.2) is 0 Å². The van der Waals surface area contributed by atoms with Crippen LogP contribution >= 0.6 is 15.9 Å². The summed E-state index contributed by atoms with van der Waals surface area (Å²) in [6.07, 6.45) is 1.61. The van der Waals surface area contributed by atoms with Gasteiger partial charge in [-0.1, -0.05) is 28.1 Å². The zero-order chi connectivity index (χ0) is 18.6. The molecule has 138 valence electrons. The predicted octanol–water partition coefficient (Wildman–Crippen LogP) is 4.75. The highest BCUT2D eigenvalue weighted by molar-refractivity contribution is 9.10. The van der Waals surface area contributed by atoms with Gasteiger partial charge in [-0.3, -0.25) is 0 Å². The first-order valence-corrected chi connectivity index (χ1v) is 9.35. The summed E-state index contributed by atoms with van der Waals surface area (Å²) in [6.45, 7) is 1.95. The lowest BCUT2D eigenvalue weighted by Crippen LogP contribution is -2.39. The number of halogens is 2. The molecular formula is C20H17BrFN3O2. The van der Waals surface area contributed by atoms with E-state index in [9.17, 15) is 4.39 Å². The lowest BCUT2D eigenvalue weighted by atomic mass is 10.1. The number of anilines is 1. The van der Waals surface area contributed by atoms with Crippen LogP contribution in [0.2, 0.25) is 0 Å². The molecule has 0 saturated carbocycles. The fourth-order valence-electron chi connectivity index (χ4n) is 2.88. The van der Waals surface area contributed by atoms with Crippen LogP contribution in [-0.2, 0) is 4.74 Å². The number of nitrogens with zero attached hydrogens (tertiary/aromatic N) is 3. The van der Waals surface area contributed by atoms with Gasteiger partial charge in [0, 0.05) is 23.3 Å². The van der Waals surface area contributed by atoms with Crippen LogP contribution in [-0.4, -0.2) is 29.7 Å². The largest absolute Gasteiger partial charge is 0.439 e. The molecule has 5 nitrogen and oxygen atoms in total. The molecule has 1 aliphatic heterocycles. The molecule has 1 fully saturated rings. The Hall–Kier alpha value is -2.51. The predicted molar refractivity (Wildman–Crippen MR) is 104 cm³/mol. The summed E-state index contributed by atoms with van der Waals surface area (Å²) in [5.41, 5.74) is 1.11. The lowest BCUT2D eigenvalue weighted by molar-refractivity contribution is 0.0392. The summed E-state index contributed by atoms with van der Waals surface area (Å²) in [4.78, 5) is 10.9. The minimum atomic E-state index is -0.307. The molecule has 1 aliphatic rings. The van der Waals surface area contributed by atoms with Gasteiger partial charge < -0.3 is 14.4 Å². The molecule has 0 bridgehead atoms. The molecule has 0 amide bonds. The summed E-state index contributed by atoms with van der Waals surface area (Å²) in [7, 11) is 0. The number of hydrogen-bond donors (Lipinski definition) is 0. The van der Waals surface area contributed by atoms with Gasteiger partial charge in [0.2, 0.25) is 11.8 Å². The molecular weight excluding hydrogens is 413 g/mol. The summed E-state index contributed by atoms with van der Waals surface area (Å²) < 4.78 is 25.7. The van der Waals surface area contributed by atoms with Gasteiger partial charge in [-0.25, -0.2) is 9.37 Å². The Balaban J connectivity index is 1.49. The van der Waals surface area contributed by atoms with Gasteiger partial charge in [0.25, 0.3) is 0 Å². The maximum atomic E-state index is 13.0. The minimum absolute atomic E-state index is 0.0443. The van der Waals surface area contributed by atoms with Crippen molar-refractivity contribution in [2.75, 3.05) is 24.6 Å². The number of hydrogen-bond acceptors (Lipinski definition) is 5. The van der Waals surface area contributed by atoms with Crippen LogP contribution in [0.4, 0.5) is 10.3 Å². The van der Waals surface area contributed by atoms with Gasteiger partial charge >= 0.3 is 0 Å². The SMILES string of the molecule is Fc1ccc(Oc2ccnc(N3CCOC(c4ccc(Br)cc4)C3)n2)cc1. The van der Waals surface area contributed by atoms with E-state index in [0.717, 1.165) is 10.0 Å². The minimum Gasteiger partial charge on any atom is -0.439 e. The first-order chi connectivity index (χ1) is 13.2. The third-order valence-corrected chi connectivity index (χ3v) is 4.77. The van der Waals surface area contributed by atoms with Crippen LogP contribution in [0.1, 0.15) is 11.7 Å². The quantitative estimate of drug-likeness (QED) is 0.598. The van der Waals surface area contributed by atoms with E-state index in [1.54, 1.807) is 24.4 Å². The van der Waals surface area contributed by atoms with Gasteiger partial charge in [0.1, 0.15) is 17.7 Å². The molecule has 4 rings (SSSR count). The van der Waals surface area contributed by atoms with Crippen molar-refractivity contribution in [1.82, 2.24) is 9.97 Å². The van der Waals surface area contributed by atoms with Gasteiger partial charge in [-0.05, 0) is 42.0 Å². The van der Waals surface area contributed by atoms with Crippen molar-refractivity contribution in [2.24, 2.45) is 0 Å². The molecule has 1 aromatic heterocycles. The highest BCUT2D eigenvalue weighted by Crippen LogP contribution is 2.27. The molecule has 2 aromatic carbocycles. The second-order valence-corrected chi connectivity index (χ2v) is 7.02. The Bertz CT molecular complexity index is 906. The van der Waals surface area contributed by atoms with Crippen LogP contribution < -0.4 is 9.64 Å². The molecule has 1 saturated heterocycles. The number of rotatable bonds is 4. The third kappa shape index (κ3) is 4.43. The normalized spacial score (nSPS) is 17.0. The van der Waals surface area contributed by atoms with Crippen molar-refractivity contribution < 1.29 is 13.9 Å². The standard InChI is InChI=1S/C20H17BrFN3O2/c21-15-3-1-14(2-4-15)18-13-25(11-12-26-18)20-23-10-9-19(24-20)27-17-7-5-16(22)6-8-17/h1-10,18H,11-13H2. The van der Waals surface area contributed by atoms with E-state index in [0.29, 0.717) is 37.3 Å². The van der Waals surface area contributed by atoms with E-state index >= 15 is 0 Å². The zero-order valence-electron chi connectivity index (χ0n) is 14.4. The van der Waals surface area contributed by atoms with Gasteiger partial charge in [-0.2, -0.15) is 4.98 Å². The maximum absolute atomic E-state index is 13.0. The fourth-order valence-corrected chi connectivity index (χ4v) is 3.14. The molecule has 2 heterocycles. The number of aromatic nitrogens is 2. The van der Waals surface area contributed by atoms with Gasteiger partial charge in [-0.15, -0.1) is 0 Å². The highest BCUT2D eigenvalue weighted by Gasteiger charge is 2.24. The monoisotopic (exact) mass is 429 g/mol. The molecule has 0 aliphatic carbocycles. The lowest BCUT2D eigenvalue weighted by Gasteiger charge is -2.33. The van der Waals surface area contributed by atoms with E-state index in [2.05, 4.69) is 30.8 Å². The zero-order valence-corrected chi connectivity index (χ0v) is 16.0. The molecule has 1 unspecified atom stereocenters. The first kappa shape index (κ1) is 17.9. The summed E-state index contributed by atoms with van der Waals surface area (Å²) in [5.74, 6) is 1.21. The molecule has 1 atom stereocenters. The summed E-state index contributed by atoms with van der Waals surface area (Å²) in [6, 6.07) is 15.6. The van der Waals surface area contributed by atoms with Gasteiger partial charge in [0.05, 0.1) is 13.2 Å². The van der Waals surface area contributed by atoms with E-state index in [4.69, 9.17) is 9.47 Å². The van der Waals surface area contributed by atoms with Crippen LogP contribution in [0.5, 0.6) is 11.6 Å². The van der Waals surface area contributed by atoms with Crippen molar-refractivity contribution in [3.05, 3.63) is 76.6 Å². The fraction of sp³-hybridized carbons (Fsp3) is 0.200. The molecule has 0 radical (unpaired) electrons. The number of morpholine rings is 1. The van der Waals surface area contributed by atoms with E-state index in [1.165, 1.54) is 12.1 Å². The summed E-state index contributed by atoms with van der Waals surface area (Å²) >= 11 is 3.45. The van der Waals surface area contributed by atoms with Crippen molar-refractivity contribution in [1.29, 1.82) is 0 Å². The third-order valence-electron chi connectivity index (χ3n) is 4.24. The Morgan fingerprint density at radius 3 is 2.63 bits per heavy atom. The smallest absolute Gasteiger partial charge is 0.228 e. The Morgan fingerprint density at radius 2 is 1.85 bits per heavy atom. The van der Waals surface area contributed by atoms with Crippen LogP contribution in [0, 0.1) is 5.82 Å². The molecule has 0 N–H and O–H groups in total. The summed E-state index contributed by atoms with van der Waals surface area (Å²) in [5, 5.41) is 0. The van der Waals surface area contributed by atoms with Crippen LogP contribution in [0.15, 0.2) is 65.3 Å². The Kier molecular flexibility index (Phi) is 5.31. The topological polar surface area (TPSA) is 47.5 Å². The van der Waals surface area contributed by atoms with E-state index in [1.807, 2.05) is 24.3 Å². The van der Waals surface area contributed by atoms with Crippen molar-refractivity contribution >= 4 is 21.9 Å². The number of ether oxygens (including phenoxy) is 2. The Labute approximate surface area is 164 Å². The molecule has 0 spiro atoms. The van der Waals surface area contributed by atoms with Crippen molar-refractivity contribution in [2.45, 2.75) is 6.10 Å². The van der Waals surface area contributed by atoms with E-state index < -0.39 is 0 Å². The van der Waals surface area contributed by atoms with Crippen LogP contribution in [0.3, 0.4) is 0 Å². The first-order valence-electron chi connectivity index (χ1n) is 8.56. The number of benzene rings is 2. The molecule has 27 heavy (non-hydrogen) atoms. The van der Waals surface area contributed by atoms with Crippen molar-refractivity contribution in [3.8, 4) is 11.6 Å². The second-order valence-electron chi connectivity index (χ2n) is 6.11.